The third-order valence-corrected chi connectivity index (χ3v) is 7.31. The fourth-order valence-electron chi connectivity index (χ4n) is 6.33. The van der Waals surface area contributed by atoms with Gasteiger partial charge in [0.1, 0.15) is 0 Å². The largest absolute Gasteiger partial charge is 0.493 e. The minimum Gasteiger partial charge on any atom is -0.493 e. The smallest absolute Gasteiger partial charge is 0.216 e. The summed E-state index contributed by atoms with van der Waals surface area (Å²) in [5.41, 5.74) is 1.00. The lowest BCUT2D eigenvalue weighted by atomic mass is 9.53. The maximum Gasteiger partial charge on any atom is 0.216 e. The first-order chi connectivity index (χ1) is 13.5. The van der Waals surface area contributed by atoms with Crippen molar-refractivity contribution in [1.82, 2.24) is 14.8 Å². The zero-order chi connectivity index (χ0) is 19.5. The zero-order valence-electron chi connectivity index (χ0n) is 16.7. The van der Waals surface area contributed by atoms with Gasteiger partial charge in [-0.3, -0.25) is 9.78 Å². The third kappa shape index (κ3) is 2.66. The van der Waals surface area contributed by atoms with E-state index in [1.807, 2.05) is 12.1 Å². The highest BCUT2D eigenvalue weighted by Crippen LogP contribution is 2.58. The molecule has 150 valence electrons. The number of aromatic nitrogens is 3. The number of ether oxygens (including phenoxy) is 3. The van der Waals surface area contributed by atoms with Crippen LogP contribution in [0.4, 0.5) is 0 Å². The van der Waals surface area contributed by atoms with Crippen LogP contribution in [-0.4, -0.2) is 36.1 Å². The molecule has 1 N–H and O–H groups in total. The molecular weight excluding hydrogens is 374 g/mol. The van der Waals surface area contributed by atoms with Gasteiger partial charge in [-0.15, -0.1) is 0 Å². The molecule has 0 radical (unpaired) electrons. The molecule has 0 amide bonds. The van der Waals surface area contributed by atoms with Crippen LogP contribution in [0.25, 0.3) is 11.4 Å². The summed E-state index contributed by atoms with van der Waals surface area (Å²) in [6.07, 6.45) is 7.89. The lowest BCUT2D eigenvalue weighted by Crippen LogP contribution is -2.52. The van der Waals surface area contributed by atoms with Crippen LogP contribution in [0.3, 0.4) is 0 Å². The number of methoxy groups -OCH3 is 3. The molecule has 0 atom stereocenters. The Kier molecular flexibility index (Phi) is 4.19. The molecule has 4 fully saturated rings. The number of H-pyrrole nitrogens is 1. The molecule has 0 spiro atoms. The average Bonchev–Trinajstić information content (AvgIpc) is 3.08. The molecule has 7 heteroatoms. The van der Waals surface area contributed by atoms with Crippen molar-refractivity contribution in [2.75, 3.05) is 21.3 Å². The minimum atomic E-state index is 0.123. The average molecular weight is 402 g/mol. The van der Waals surface area contributed by atoms with Crippen molar-refractivity contribution in [3.8, 4) is 28.6 Å². The second kappa shape index (κ2) is 6.51. The van der Waals surface area contributed by atoms with E-state index in [2.05, 4.69) is 9.78 Å². The first kappa shape index (κ1) is 18.0. The Balaban J connectivity index is 1.57. The zero-order valence-corrected chi connectivity index (χ0v) is 17.5. The number of aromatic amines is 1. The first-order valence-corrected chi connectivity index (χ1v) is 10.5. The lowest BCUT2D eigenvalue weighted by molar-refractivity contribution is -0.0502. The second-order valence-electron chi connectivity index (χ2n) is 8.75. The van der Waals surface area contributed by atoms with E-state index in [1.54, 1.807) is 21.3 Å². The van der Waals surface area contributed by atoms with E-state index in [4.69, 9.17) is 31.4 Å². The third-order valence-electron chi connectivity index (χ3n) is 7.03. The number of rotatable bonds is 5. The fourth-order valence-corrected chi connectivity index (χ4v) is 6.66. The standard InChI is InChI=1S/C21H27N3O3S/c1-25-16-7-15(8-17(26-2)18(16)27-3)19-22-20(28)24(23-19)21-9-12-4-13(10-21)6-14(5-12)11-21/h7-8,12-14H,4-6,9-11H2,1-3H3,(H,22,23,28). The SMILES string of the molecule is COc1cc(-c2nc(=S)n(C34CC5CC(CC(C5)C3)C4)[nH]2)cc(OC)c1OC. The number of benzene rings is 1. The van der Waals surface area contributed by atoms with Gasteiger partial charge in [0.2, 0.25) is 10.5 Å². The van der Waals surface area contributed by atoms with Gasteiger partial charge in [0, 0.05) is 5.56 Å². The van der Waals surface area contributed by atoms with Gasteiger partial charge in [0.05, 0.1) is 26.9 Å². The van der Waals surface area contributed by atoms with E-state index in [0.717, 1.165) is 29.1 Å². The maximum absolute atomic E-state index is 5.71. The van der Waals surface area contributed by atoms with Crippen molar-refractivity contribution in [2.45, 2.75) is 44.1 Å². The van der Waals surface area contributed by atoms with Gasteiger partial charge in [0.15, 0.2) is 17.3 Å². The predicted octanol–water partition coefficient (Wildman–Crippen LogP) is 4.56. The molecule has 0 aliphatic heterocycles. The summed E-state index contributed by atoms with van der Waals surface area (Å²) in [4.78, 5) is 4.71. The summed E-state index contributed by atoms with van der Waals surface area (Å²) in [6.45, 7) is 0. The quantitative estimate of drug-likeness (QED) is 0.744. The van der Waals surface area contributed by atoms with Crippen LogP contribution < -0.4 is 14.2 Å². The van der Waals surface area contributed by atoms with E-state index in [1.165, 1.54) is 38.5 Å². The molecule has 0 unspecified atom stereocenters. The first-order valence-electron chi connectivity index (χ1n) is 10.0. The van der Waals surface area contributed by atoms with E-state index in [0.29, 0.717) is 22.0 Å². The van der Waals surface area contributed by atoms with Gasteiger partial charge < -0.3 is 14.2 Å². The summed E-state index contributed by atoms with van der Waals surface area (Å²) in [5.74, 6) is 5.09. The van der Waals surface area contributed by atoms with Crippen molar-refractivity contribution in [2.24, 2.45) is 17.8 Å². The van der Waals surface area contributed by atoms with Crippen LogP contribution in [0, 0.1) is 22.5 Å². The molecule has 4 aliphatic carbocycles. The van der Waals surface area contributed by atoms with E-state index < -0.39 is 0 Å². The minimum absolute atomic E-state index is 0.123. The van der Waals surface area contributed by atoms with Gasteiger partial charge in [0.25, 0.3) is 0 Å². The Labute approximate surface area is 170 Å². The normalized spacial score (nSPS) is 30.5. The van der Waals surface area contributed by atoms with Crippen LogP contribution in [0.5, 0.6) is 17.2 Å². The van der Waals surface area contributed by atoms with Crippen molar-refractivity contribution in [1.29, 1.82) is 0 Å². The molecule has 6 nitrogen and oxygen atoms in total. The monoisotopic (exact) mass is 401 g/mol. The van der Waals surface area contributed by atoms with Crippen LogP contribution in [0.1, 0.15) is 38.5 Å². The molecule has 1 aromatic heterocycles. The molecule has 6 rings (SSSR count). The summed E-state index contributed by atoms with van der Waals surface area (Å²) in [6, 6.07) is 3.83. The van der Waals surface area contributed by atoms with Gasteiger partial charge in [-0.05, 0) is 80.6 Å². The van der Waals surface area contributed by atoms with Crippen molar-refractivity contribution in [3.63, 3.8) is 0 Å². The lowest BCUT2D eigenvalue weighted by Gasteiger charge is -2.56. The molecule has 4 aliphatic rings. The topological polar surface area (TPSA) is 61.3 Å². The molecule has 28 heavy (non-hydrogen) atoms. The Morgan fingerprint density at radius 1 is 0.964 bits per heavy atom. The van der Waals surface area contributed by atoms with E-state index in [-0.39, 0.29) is 5.54 Å². The Morgan fingerprint density at radius 3 is 1.96 bits per heavy atom. The Bertz CT molecular complexity index is 904. The van der Waals surface area contributed by atoms with Crippen LogP contribution >= 0.6 is 12.2 Å². The van der Waals surface area contributed by atoms with E-state index >= 15 is 0 Å². The molecule has 2 aromatic rings. The number of hydrogen-bond donors (Lipinski definition) is 1. The van der Waals surface area contributed by atoms with Crippen LogP contribution in [0.15, 0.2) is 12.1 Å². The van der Waals surface area contributed by atoms with Gasteiger partial charge in [-0.1, -0.05) is 0 Å². The van der Waals surface area contributed by atoms with Crippen LogP contribution in [0.2, 0.25) is 0 Å². The van der Waals surface area contributed by atoms with Gasteiger partial charge >= 0.3 is 0 Å². The van der Waals surface area contributed by atoms with Gasteiger partial charge in [-0.2, -0.15) is 4.98 Å². The Hall–Kier alpha value is -2.02. The molecular formula is C21H27N3O3S. The van der Waals surface area contributed by atoms with Crippen molar-refractivity contribution < 1.29 is 14.2 Å². The predicted molar refractivity (Wildman–Crippen MR) is 109 cm³/mol. The maximum atomic E-state index is 5.71. The number of hydrogen-bond acceptors (Lipinski definition) is 5. The molecule has 0 saturated heterocycles. The Morgan fingerprint density at radius 2 is 1.50 bits per heavy atom. The highest BCUT2D eigenvalue weighted by atomic mass is 32.1. The highest BCUT2D eigenvalue weighted by molar-refractivity contribution is 7.71. The van der Waals surface area contributed by atoms with Gasteiger partial charge in [-0.25, -0.2) is 0 Å². The van der Waals surface area contributed by atoms with Crippen LogP contribution in [-0.2, 0) is 5.54 Å². The number of nitrogens with zero attached hydrogens (tertiary/aromatic N) is 2. The fraction of sp³-hybridized carbons (Fsp3) is 0.619. The number of nitrogens with one attached hydrogen (secondary N) is 1. The second-order valence-corrected chi connectivity index (χ2v) is 9.11. The van der Waals surface area contributed by atoms with Crippen molar-refractivity contribution >= 4 is 12.2 Å². The molecule has 4 saturated carbocycles. The summed E-state index contributed by atoms with van der Waals surface area (Å²) in [5, 5.41) is 3.54. The summed E-state index contributed by atoms with van der Waals surface area (Å²) in [7, 11) is 4.85. The summed E-state index contributed by atoms with van der Waals surface area (Å²) < 4.78 is 19.3. The van der Waals surface area contributed by atoms with Crippen molar-refractivity contribution in [3.05, 3.63) is 16.9 Å². The summed E-state index contributed by atoms with van der Waals surface area (Å²) >= 11 is 5.71. The molecule has 4 bridgehead atoms. The highest BCUT2D eigenvalue weighted by Gasteiger charge is 2.52. The van der Waals surface area contributed by atoms with E-state index in [9.17, 15) is 0 Å². The molecule has 1 heterocycles. The molecule has 1 aromatic carbocycles.